The van der Waals surface area contributed by atoms with E-state index in [-0.39, 0.29) is 12.1 Å². The number of benzene rings is 1. The van der Waals surface area contributed by atoms with Gasteiger partial charge in [0.2, 0.25) is 5.78 Å². The van der Waals surface area contributed by atoms with E-state index < -0.39 is 29.5 Å². The molecule has 8 nitrogen and oxygen atoms in total. The number of hydrogen-bond acceptors (Lipinski definition) is 8. The molecular weight excluding hydrogens is 466 g/mol. The van der Waals surface area contributed by atoms with Crippen molar-refractivity contribution >= 4 is 29.0 Å². The van der Waals surface area contributed by atoms with E-state index in [4.69, 9.17) is 4.74 Å². The van der Waals surface area contributed by atoms with Crippen LogP contribution in [0.2, 0.25) is 0 Å². The van der Waals surface area contributed by atoms with Crippen molar-refractivity contribution in [2.45, 2.75) is 39.8 Å². The van der Waals surface area contributed by atoms with E-state index in [9.17, 15) is 19.5 Å². The molecule has 0 aliphatic carbocycles. The lowest BCUT2D eigenvalue weighted by atomic mass is 9.96. The number of hydrogen-bond donors (Lipinski definition) is 1. The molecule has 1 amide bonds. The lowest BCUT2D eigenvalue weighted by Crippen LogP contribution is -2.30. The molecule has 0 fully saturated rings. The highest BCUT2D eigenvalue weighted by molar-refractivity contribution is 7.14. The van der Waals surface area contributed by atoms with Crippen LogP contribution in [-0.2, 0) is 16.1 Å². The summed E-state index contributed by atoms with van der Waals surface area (Å²) in [5.41, 5.74) is 2.30. The van der Waals surface area contributed by atoms with E-state index in [0.29, 0.717) is 28.3 Å². The number of nitrogens with zero attached hydrogens (tertiary/aromatic N) is 3. The molecular formula is C26H25N3O5S. The number of aliphatic hydroxyl groups is 1. The van der Waals surface area contributed by atoms with Gasteiger partial charge in [-0.25, -0.2) is 9.78 Å². The summed E-state index contributed by atoms with van der Waals surface area (Å²) in [5, 5.41) is 11.6. The molecule has 180 valence electrons. The van der Waals surface area contributed by atoms with Crippen molar-refractivity contribution in [2.75, 3.05) is 6.61 Å². The SMILES string of the molecule is CCCOC(=O)c1ccc(CN2C(=O)C(O)=C(C(=O)c3sc(C)nc3C)C2c2cccnc2)cc1. The van der Waals surface area contributed by atoms with Crippen molar-refractivity contribution in [3.05, 3.63) is 92.4 Å². The standard InChI is InChI=1S/C26H25N3O5S/c1-4-12-34-26(33)18-9-7-17(8-10-18)14-29-21(19-6-5-11-27-13-19)20(23(31)25(29)32)22(30)24-15(2)28-16(3)35-24/h5-11,13,21,31H,4,12,14H2,1-3H3. The molecule has 1 unspecified atom stereocenters. The summed E-state index contributed by atoms with van der Waals surface area (Å²) in [5.74, 6) is -2.06. The van der Waals surface area contributed by atoms with Crippen LogP contribution < -0.4 is 0 Å². The fraction of sp³-hybridized carbons (Fsp3) is 0.269. The highest BCUT2D eigenvalue weighted by Gasteiger charge is 2.44. The Hall–Kier alpha value is -3.85. The summed E-state index contributed by atoms with van der Waals surface area (Å²) in [4.78, 5) is 49.1. The van der Waals surface area contributed by atoms with E-state index in [1.165, 1.54) is 16.2 Å². The number of Topliss-reactive ketones (excluding diaryl/α,β-unsaturated/α-hetero) is 1. The molecule has 0 radical (unpaired) electrons. The van der Waals surface area contributed by atoms with Crippen LogP contribution in [-0.4, -0.2) is 44.2 Å². The molecule has 35 heavy (non-hydrogen) atoms. The third-order valence-electron chi connectivity index (χ3n) is 5.64. The van der Waals surface area contributed by atoms with Crippen molar-refractivity contribution in [1.29, 1.82) is 0 Å². The number of rotatable bonds is 8. The van der Waals surface area contributed by atoms with Crippen LogP contribution in [0.1, 0.15) is 61.2 Å². The molecule has 3 heterocycles. The van der Waals surface area contributed by atoms with Crippen LogP contribution in [0.25, 0.3) is 0 Å². The predicted molar refractivity (Wildman–Crippen MR) is 130 cm³/mol. The summed E-state index contributed by atoms with van der Waals surface area (Å²) in [7, 11) is 0. The average Bonchev–Trinajstić information content (AvgIpc) is 3.33. The number of aliphatic hydroxyl groups excluding tert-OH is 1. The zero-order chi connectivity index (χ0) is 25.1. The maximum atomic E-state index is 13.5. The first-order chi connectivity index (χ1) is 16.8. The van der Waals surface area contributed by atoms with E-state index in [2.05, 4.69) is 9.97 Å². The highest BCUT2D eigenvalue weighted by Crippen LogP contribution is 2.40. The van der Waals surface area contributed by atoms with Crippen molar-refractivity contribution in [2.24, 2.45) is 0 Å². The van der Waals surface area contributed by atoms with E-state index in [0.717, 1.165) is 17.0 Å². The van der Waals surface area contributed by atoms with Gasteiger partial charge in [0.15, 0.2) is 5.76 Å². The second kappa shape index (κ2) is 10.2. The molecule has 1 aromatic carbocycles. The molecule has 9 heteroatoms. The second-order valence-corrected chi connectivity index (χ2v) is 9.40. The number of carbonyl (C=O) groups is 3. The summed E-state index contributed by atoms with van der Waals surface area (Å²) >= 11 is 1.23. The van der Waals surface area contributed by atoms with Gasteiger partial charge in [-0.1, -0.05) is 25.1 Å². The third kappa shape index (κ3) is 4.85. The fourth-order valence-corrected chi connectivity index (χ4v) is 4.89. The fourth-order valence-electron chi connectivity index (χ4n) is 4.02. The Bertz CT molecular complexity index is 1300. The Kier molecular flexibility index (Phi) is 7.07. The molecule has 2 aromatic heterocycles. The predicted octanol–water partition coefficient (Wildman–Crippen LogP) is 4.50. The molecule has 1 aliphatic rings. The number of carbonyl (C=O) groups excluding carboxylic acids is 3. The molecule has 0 spiro atoms. The number of aryl methyl sites for hydroxylation is 2. The number of ketones is 1. The van der Waals surface area contributed by atoms with Gasteiger partial charge in [-0.2, -0.15) is 0 Å². The monoisotopic (exact) mass is 491 g/mol. The quantitative estimate of drug-likeness (QED) is 0.365. The second-order valence-electron chi connectivity index (χ2n) is 8.19. The molecule has 0 saturated carbocycles. The van der Waals surface area contributed by atoms with Gasteiger partial charge in [0.1, 0.15) is 0 Å². The number of ether oxygens (including phenoxy) is 1. The van der Waals surface area contributed by atoms with E-state index in [1.807, 2.05) is 6.92 Å². The van der Waals surface area contributed by atoms with Crippen LogP contribution in [0.15, 0.2) is 60.1 Å². The molecule has 1 N–H and O–H groups in total. The van der Waals surface area contributed by atoms with Crippen molar-refractivity contribution in [1.82, 2.24) is 14.9 Å². The van der Waals surface area contributed by atoms with E-state index in [1.54, 1.807) is 62.6 Å². The summed E-state index contributed by atoms with van der Waals surface area (Å²) in [6.45, 7) is 5.91. The Balaban J connectivity index is 1.67. The van der Waals surface area contributed by atoms with Crippen LogP contribution in [0.5, 0.6) is 0 Å². The van der Waals surface area contributed by atoms with Gasteiger partial charge in [0.25, 0.3) is 5.91 Å². The van der Waals surface area contributed by atoms with Crippen LogP contribution in [0.4, 0.5) is 0 Å². The number of aromatic nitrogens is 2. The molecule has 1 aliphatic heterocycles. The molecule has 4 rings (SSSR count). The minimum absolute atomic E-state index is 0.00881. The van der Waals surface area contributed by atoms with Crippen LogP contribution in [0.3, 0.4) is 0 Å². The van der Waals surface area contributed by atoms with Gasteiger partial charge in [0.05, 0.1) is 39.4 Å². The number of esters is 1. The van der Waals surface area contributed by atoms with Gasteiger partial charge in [-0.15, -0.1) is 11.3 Å². The maximum Gasteiger partial charge on any atom is 0.338 e. The van der Waals surface area contributed by atoms with Crippen LogP contribution in [0, 0.1) is 13.8 Å². The van der Waals surface area contributed by atoms with Crippen molar-refractivity contribution in [3.8, 4) is 0 Å². The first-order valence-corrected chi connectivity index (χ1v) is 12.0. The Morgan fingerprint density at radius 2 is 1.91 bits per heavy atom. The van der Waals surface area contributed by atoms with Gasteiger partial charge in [0, 0.05) is 18.9 Å². The minimum atomic E-state index is -0.820. The Morgan fingerprint density at radius 3 is 2.51 bits per heavy atom. The summed E-state index contributed by atoms with van der Waals surface area (Å²) in [6.07, 6.45) is 3.91. The molecule has 1 atom stereocenters. The van der Waals surface area contributed by atoms with Crippen LogP contribution >= 0.6 is 11.3 Å². The molecule has 0 saturated heterocycles. The largest absolute Gasteiger partial charge is 0.503 e. The number of thiazole rings is 1. The zero-order valence-electron chi connectivity index (χ0n) is 19.6. The minimum Gasteiger partial charge on any atom is -0.503 e. The highest BCUT2D eigenvalue weighted by atomic mass is 32.1. The normalized spacial score (nSPS) is 15.6. The number of amides is 1. The summed E-state index contributed by atoms with van der Waals surface area (Å²) in [6, 6.07) is 9.38. The first-order valence-electron chi connectivity index (χ1n) is 11.2. The van der Waals surface area contributed by atoms with Gasteiger partial charge in [-0.05, 0) is 49.6 Å². The number of pyridine rings is 1. The lowest BCUT2D eigenvalue weighted by molar-refractivity contribution is -0.130. The molecule has 0 bridgehead atoms. The first kappa shape index (κ1) is 24.3. The third-order valence-corrected chi connectivity index (χ3v) is 6.71. The topological polar surface area (TPSA) is 110 Å². The smallest absolute Gasteiger partial charge is 0.338 e. The van der Waals surface area contributed by atoms with E-state index >= 15 is 0 Å². The Morgan fingerprint density at radius 1 is 1.17 bits per heavy atom. The van der Waals surface area contributed by atoms with Crippen molar-refractivity contribution < 1.29 is 24.2 Å². The zero-order valence-corrected chi connectivity index (χ0v) is 20.5. The van der Waals surface area contributed by atoms with Gasteiger partial charge >= 0.3 is 5.97 Å². The maximum absolute atomic E-state index is 13.5. The molecule has 3 aromatic rings. The average molecular weight is 492 g/mol. The lowest BCUT2D eigenvalue weighted by Gasteiger charge is -2.26. The van der Waals surface area contributed by atoms with Gasteiger partial charge < -0.3 is 14.7 Å². The summed E-state index contributed by atoms with van der Waals surface area (Å²) < 4.78 is 5.16. The Labute approximate surface area is 206 Å². The van der Waals surface area contributed by atoms with Gasteiger partial charge in [-0.3, -0.25) is 14.6 Å². The van der Waals surface area contributed by atoms with Crippen molar-refractivity contribution in [3.63, 3.8) is 0 Å².